The summed E-state index contributed by atoms with van der Waals surface area (Å²) >= 11 is 0. The monoisotopic (exact) mass is 314 g/mol. The highest BCUT2D eigenvalue weighted by molar-refractivity contribution is 5.83. The SMILES string of the molecule is NC(=O)NN=Cc1ccc(N2CCCCC2)c(C(F)(F)F)c1. The molecule has 1 aliphatic rings. The van der Waals surface area contributed by atoms with Crippen LogP contribution in [0.3, 0.4) is 0 Å². The van der Waals surface area contributed by atoms with Crippen LogP contribution < -0.4 is 16.1 Å². The normalized spacial score (nSPS) is 16.0. The average molecular weight is 314 g/mol. The molecule has 0 aliphatic carbocycles. The third-order valence-electron chi connectivity index (χ3n) is 3.41. The first-order valence-corrected chi connectivity index (χ1v) is 6.92. The number of nitrogens with zero attached hydrogens (tertiary/aromatic N) is 2. The van der Waals surface area contributed by atoms with Crippen LogP contribution in [0, 0.1) is 0 Å². The lowest BCUT2D eigenvalue weighted by molar-refractivity contribution is -0.137. The second kappa shape index (κ2) is 6.67. The van der Waals surface area contributed by atoms with Crippen molar-refractivity contribution in [1.82, 2.24) is 5.43 Å². The molecule has 22 heavy (non-hydrogen) atoms. The molecule has 0 unspecified atom stereocenters. The van der Waals surface area contributed by atoms with E-state index >= 15 is 0 Å². The van der Waals surface area contributed by atoms with E-state index in [0.29, 0.717) is 13.1 Å². The standard InChI is InChI=1S/C14H17F3N4O/c15-14(16,17)11-8-10(9-19-20-13(18)22)4-5-12(11)21-6-2-1-3-7-21/h4-5,8-9H,1-3,6-7H2,(H3,18,20,22). The summed E-state index contributed by atoms with van der Waals surface area (Å²) in [5.41, 5.74) is 6.50. The molecule has 1 heterocycles. The highest BCUT2D eigenvalue weighted by Gasteiger charge is 2.35. The predicted molar refractivity (Wildman–Crippen MR) is 77.8 cm³/mol. The Hall–Kier alpha value is -2.25. The number of carbonyl (C=O) groups excluding carboxylic acids is 1. The highest BCUT2D eigenvalue weighted by atomic mass is 19.4. The van der Waals surface area contributed by atoms with Crippen molar-refractivity contribution >= 4 is 17.9 Å². The number of halogens is 3. The molecule has 1 aliphatic heterocycles. The van der Waals surface area contributed by atoms with Gasteiger partial charge in [0.1, 0.15) is 0 Å². The number of anilines is 1. The second-order valence-corrected chi connectivity index (χ2v) is 5.06. The number of hydrazone groups is 1. The number of hydrogen-bond acceptors (Lipinski definition) is 3. The van der Waals surface area contributed by atoms with Gasteiger partial charge in [-0.15, -0.1) is 0 Å². The Morgan fingerprint density at radius 3 is 2.55 bits per heavy atom. The molecule has 2 amide bonds. The third kappa shape index (κ3) is 4.12. The van der Waals surface area contributed by atoms with Gasteiger partial charge in [0.05, 0.1) is 11.8 Å². The van der Waals surface area contributed by atoms with Gasteiger partial charge in [-0.3, -0.25) is 0 Å². The van der Waals surface area contributed by atoms with Crippen LogP contribution in [0.25, 0.3) is 0 Å². The van der Waals surface area contributed by atoms with Crippen LogP contribution in [0.15, 0.2) is 23.3 Å². The number of hydrogen-bond donors (Lipinski definition) is 2. The minimum absolute atomic E-state index is 0.187. The third-order valence-corrected chi connectivity index (χ3v) is 3.41. The zero-order chi connectivity index (χ0) is 16.2. The second-order valence-electron chi connectivity index (χ2n) is 5.06. The molecule has 2 rings (SSSR count). The molecule has 1 saturated heterocycles. The van der Waals surface area contributed by atoms with E-state index in [2.05, 4.69) is 5.10 Å². The zero-order valence-electron chi connectivity index (χ0n) is 11.9. The quantitative estimate of drug-likeness (QED) is 0.665. The first-order valence-electron chi connectivity index (χ1n) is 6.92. The van der Waals surface area contributed by atoms with Crippen molar-refractivity contribution in [3.63, 3.8) is 0 Å². The predicted octanol–water partition coefficient (Wildman–Crippen LogP) is 2.70. The number of primary amides is 1. The Bertz CT molecular complexity index is 566. The van der Waals surface area contributed by atoms with Gasteiger partial charge in [-0.1, -0.05) is 6.07 Å². The Balaban J connectivity index is 2.30. The Kier molecular flexibility index (Phi) is 4.89. The van der Waals surface area contributed by atoms with E-state index in [0.717, 1.165) is 31.5 Å². The number of nitrogens with two attached hydrogens (primary N) is 1. The van der Waals surface area contributed by atoms with Gasteiger partial charge in [0.2, 0.25) is 0 Å². The van der Waals surface area contributed by atoms with Crippen LogP contribution in [0.4, 0.5) is 23.7 Å². The maximum atomic E-state index is 13.3. The van der Waals surface area contributed by atoms with E-state index in [1.54, 1.807) is 4.90 Å². The van der Waals surface area contributed by atoms with Crippen molar-refractivity contribution in [3.05, 3.63) is 29.3 Å². The number of carbonyl (C=O) groups is 1. The molecular formula is C14H17F3N4O. The van der Waals surface area contributed by atoms with Gasteiger partial charge in [0.15, 0.2) is 0 Å². The Labute approximate surface area is 126 Å². The van der Waals surface area contributed by atoms with Gasteiger partial charge in [-0.25, -0.2) is 10.2 Å². The fraction of sp³-hybridized carbons (Fsp3) is 0.429. The molecule has 1 aromatic rings. The molecule has 1 fully saturated rings. The summed E-state index contributed by atoms with van der Waals surface area (Å²) < 4.78 is 39.8. The van der Waals surface area contributed by atoms with Crippen LogP contribution in [-0.2, 0) is 6.18 Å². The zero-order valence-corrected chi connectivity index (χ0v) is 11.9. The van der Waals surface area contributed by atoms with Crippen LogP contribution in [0.1, 0.15) is 30.4 Å². The van der Waals surface area contributed by atoms with Crippen molar-refractivity contribution in [1.29, 1.82) is 0 Å². The summed E-state index contributed by atoms with van der Waals surface area (Å²) in [6, 6.07) is 3.12. The summed E-state index contributed by atoms with van der Waals surface area (Å²) in [5, 5.41) is 3.48. The minimum Gasteiger partial charge on any atom is -0.371 e. The number of piperidine rings is 1. The van der Waals surface area contributed by atoms with Crippen LogP contribution >= 0.6 is 0 Å². The number of urea groups is 1. The smallest absolute Gasteiger partial charge is 0.371 e. The lowest BCUT2D eigenvalue weighted by Gasteiger charge is -2.31. The molecule has 0 saturated carbocycles. The van der Waals surface area contributed by atoms with Crippen LogP contribution in [0.5, 0.6) is 0 Å². The van der Waals surface area contributed by atoms with Crippen molar-refractivity contribution in [3.8, 4) is 0 Å². The van der Waals surface area contributed by atoms with E-state index in [4.69, 9.17) is 5.73 Å². The molecular weight excluding hydrogens is 297 g/mol. The summed E-state index contributed by atoms with van der Waals surface area (Å²) in [4.78, 5) is 12.2. The van der Waals surface area contributed by atoms with Gasteiger partial charge < -0.3 is 10.6 Å². The average Bonchev–Trinajstić information content (AvgIpc) is 2.47. The van der Waals surface area contributed by atoms with Crippen LogP contribution in [-0.4, -0.2) is 25.3 Å². The van der Waals surface area contributed by atoms with Crippen LogP contribution in [0.2, 0.25) is 0 Å². The molecule has 0 aromatic heterocycles. The fourth-order valence-electron chi connectivity index (χ4n) is 2.44. The first-order chi connectivity index (χ1) is 10.4. The molecule has 1 aromatic carbocycles. The van der Waals surface area contributed by atoms with Crippen molar-refractivity contribution < 1.29 is 18.0 Å². The highest BCUT2D eigenvalue weighted by Crippen LogP contribution is 2.37. The lowest BCUT2D eigenvalue weighted by atomic mass is 10.0. The van der Waals surface area contributed by atoms with E-state index in [9.17, 15) is 18.0 Å². The van der Waals surface area contributed by atoms with Gasteiger partial charge in [0, 0.05) is 18.8 Å². The molecule has 0 atom stereocenters. The Morgan fingerprint density at radius 2 is 1.95 bits per heavy atom. The summed E-state index contributed by atoms with van der Waals surface area (Å²) in [6.07, 6.45) is -0.499. The molecule has 120 valence electrons. The van der Waals surface area contributed by atoms with E-state index in [-0.39, 0.29) is 11.3 Å². The largest absolute Gasteiger partial charge is 0.418 e. The fourth-order valence-corrected chi connectivity index (χ4v) is 2.44. The molecule has 8 heteroatoms. The summed E-state index contributed by atoms with van der Waals surface area (Å²) in [5.74, 6) is 0. The first kappa shape index (κ1) is 16.1. The minimum atomic E-state index is -4.45. The summed E-state index contributed by atoms with van der Waals surface area (Å²) in [6.45, 7) is 1.25. The van der Waals surface area contributed by atoms with Gasteiger partial charge in [-0.2, -0.15) is 18.3 Å². The van der Waals surface area contributed by atoms with Gasteiger partial charge in [-0.05, 0) is 37.0 Å². The molecule has 0 bridgehead atoms. The maximum absolute atomic E-state index is 13.3. The molecule has 0 spiro atoms. The van der Waals surface area contributed by atoms with Crippen molar-refractivity contribution in [2.75, 3.05) is 18.0 Å². The lowest BCUT2D eigenvalue weighted by Crippen LogP contribution is -2.31. The van der Waals surface area contributed by atoms with Crippen molar-refractivity contribution in [2.24, 2.45) is 10.8 Å². The number of rotatable bonds is 3. The number of nitrogens with one attached hydrogen (secondary N) is 1. The summed E-state index contributed by atoms with van der Waals surface area (Å²) in [7, 11) is 0. The van der Waals surface area contributed by atoms with E-state index in [1.807, 2.05) is 5.43 Å². The number of alkyl halides is 3. The number of benzene rings is 1. The molecule has 0 radical (unpaired) electrons. The Morgan fingerprint density at radius 1 is 1.27 bits per heavy atom. The van der Waals surface area contributed by atoms with Gasteiger partial charge in [0.25, 0.3) is 0 Å². The topological polar surface area (TPSA) is 70.7 Å². The number of amides is 2. The maximum Gasteiger partial charge on any atom is 0.418 e. The van der Waals surface area contributed by atoms with Crippen molar-refractivity contribution in [2.45, 2.75) is 25.4 Å². The van der Waals surface area contributed by atoms with E-state index in [1.165, 1.54) is 12.1 Å². The molecule has 3 N–H and O–H groups in total. The molecule has 5 nitrogen and oxygen atoms in total. The van der Waals surface area contributed by atoms with E-state index < -0.39 is 17.8 Å². The van der Waals surface area contributed by atoms with Gasteiger partial charge >= 0.3 is 12.2 Å².